The second-order valence-electron chi connectivity index (χ2n) is 17.3. The number of carboxylic acid groups (broad SMARTS) is 2. The molecule has 346 valence electrons. The van der Waals surface area contributed by atoms with Crippen LogP contribution >= 0.6 is 0 Å². The van der Waals surface area contributed by atoms with Crippen LogP contribution in [-0.2, 0) is 38.4 Å². The number of aliphatic carboxylic acids is 2. The lowest BCUT2D eigenvalue weighted by Gasteiger charge is -2.28. The van der Waals surface area contributed by atoms with E-state index >= 15 is 0 Å². The van der Waals surface area contributed by atoms with Crippen molar-refractivity contribution in [2.45, 2.75) is 175 Å². The molecule has 0 bridgehead atoms. The lowest BCUT2D eigenvalue weighted by molar-refractivity contribution is -0.142. The van der Waals surface area contributed by atoms with Crippen molar-refractivity contribution in [2.75, 3.05) is 13.1 Å². The largest absolute Gasteiger partial charge is 0.481 e. The summed E-state index contributed by atoms with van der Waals surface area (Å²) in [6.45, 7) is 15.5. The summed E-state index contributed by atoms with van der Waals surface area (Å²) in [5, 5.41) is 35.0. The van der Waals surface area contributed by atoms with Crippen LogP contribution in [0.1, 0.15) is 132 Å². The molecule has 0 saturated carbocycles. The molecule has 14 N–H and O–H groups in total. The number of rotatable bonds is 32. The monoisotopic (exact) mass is 856 g/mol. The quantitative estimate of drug-likeness (QED) is 0.0414. The summed E-state index contributed by atoms with van der Waals surface area (Å²) in [4.78, 5) is 105. The van der Waals surface area contributed by atoms with Crippen LogP contribution in [0.25, 0.3) is 0 Å². The highest BCUT2D eigenvalue weighted by Gasteiger charge is 2.34. The van der Waals surface area contributed by atoms with E-state index in [1.165, 1.54) is 0 Å². The third-order valence-electron chi connectivity index (χ3n) is 9.50. The average Bonchev–Trinajstić information content (AvgIpc) is 3.13. The first-order chi connectivity index (χ1) is 28.0. The van der Waals surface area contributed by atoms with Crippen LogP contribution in [0.5, 0.6) is 0 Å². The Balaban J connectivity index is 6.46. The van der Waals surface area contributed by atoms with E-state index in [1.807, 2.05) is 41.5 Å². The van der Waals surface area contributed by atoms with Crippen LogP contribution in [-0.4, -0.2) is 113 Å². The molecule has 0 aliphatic rings. The van der Waals surface area contributed by atoms with Gasteiger partial charge < -0.3 is 59.3 Å². The van der Waals surface area contributed by atoms with E-state index in [-0.39, 0.29) is 62.2 Å². The van der Waals surface area contributed by atoms with Crippen molar-refractivity contribution in [3.05, 3.63) is 0 Å². The summed E-state index contributed by atoms with van der Waals surface area (Å²) in [5.74, 6) is -6.95. The summed E-state index contributed by atoms with van der Waals surface area (Å²) in [6, 6.07) is -8.18. The topological polar surface area (TPSA) is 327 Å². The molecule has 0 aromatic carbocycles. The van der Waals surface area contributed by atoms with Crippen molar-refractivity contribution in [3.8, 4) is 0 Å². The van der Waals surface area contributed by atoms with Gasteiger partial charge in [-0.3, -0.25) is 33.6 Å². The molecule has 0 saturated heterocycles. The van der Waals surface area contributed by atoms with Crippen molar-refractivity contribution in [3.63, 3.8) is 0 Å². The first-order valence-corrected chi connectivity index (χ1v) is 21.4. The molecule has 6 amide bonds. The van der Waals surface area contributed by atoms with Crippen LogP contribution in [0.2, 0.25) is 0 Å². The Hall–Kier alpha value is -4.36. The van der Waals surface area contributed by atoms with Gasteiger partial charge in [-0.05, 0) is 107 Å². The van der Waals surface area contributed by atoms with Crippen LogP contribution < -0.4 is 49.1 Å². The Morgan fingerprint density at radius 3 is 1.05 bits per heavy atom. The van der Waals surface area contributed by atoms with E-state index < -0.39 is 96.1 Å². The Morgan fingerprint density at radius 1 is 0.417 bits per heavy atom. The van der Waals surface area contributed by atoms with E-state index in [0.29, 0.717) is 45.2 Å². The lowest BCUT2D eigenvalue weighted by atomic mass is 9.99. The summed E-state index contributed by atoms with van der Waals surface area (Å²) < 4.78 is 0. The molecule has 0 aromatic rings. The van der Waals surface area contributed by atoms with Crippen LogP contribution in [0.15, 0.2) is 0 Å². The Morgan fingerprint density at radius 2 is 0.717 bits per heavy atom. The van der Waals surface area contributed by atoms with Gasteiger partial charge in [0.05, 0.1) is 6.04 Å². The second kappa shape index (κ2) is 29.8. The Labute approximate surface area is 356 Å². The molecular formula is C41H77N9O10. The molecule has 0 aliphatic carbocycles. The maximum Gasteiger partial charge on any atom is 0.326 e. The average molecular weight is 856 g/mol. The summed E-state index contributed by atoms with van der Waals surface area (Å²) in [6.07, 6.45) is 2.14. The van der Waals surface area contributed by atoms with Gasteiger partial charge in [0, 0.05) is 6.42 Å². The van der Waals surface area contributed by atoms with Gasteiger partial charge in [-0.15, -0.1) is 0 Å². The van der Waals surface area contributed by atoms with Gasteiger partial charge in [-0.2, -0.15) is 0 Å². The van der Waals surface area contributed by atoms with Crippen molar-refractivity contribution >= 4 is 47.4 Å². The number of carboxylic acids is 2. The first-order valence-electron chi connectivity index (χ1n) is 21.4. The lowest BCUT2D eigenvalue weighted by Crippen LogP contribution is -2.60. The van der Waals surface area contributed by atoms with E-state index in [1.54, 1.807) is 13.8 Å². The van der Waals surface area contributed by atoms with Gasteiger partial charge in [0.2, 0.25) is 35.4 Å². The summed E-state index contributed by atoms with van der Waals surface area (Å²) in [7, 11) is 0. The minimum atomic E-state index is -1.47. The highest BCUT2D eigenvalue weighted by Crippen LogP contribution is 2.13. The molecule has 0 fully saturated rings. The molecule has 0 rings (SSSR count). The molecule has 0 unspecified atom stereocenters. The number of unbranched alkanes of at least 4 members (excludes halogenated alkanes) is 2. The number of amides is 6. The van der Waals surface area contributed by atoms with Gasteiger partial charge in [0.15, 0.2) is 0 Å². The zero-order valence-electron chi connectivity index (χ0n) is 37.1. The number of nitrogens with one attached hydrogen (secondary N) is 6. The Kier molecular flexibility index (Phi) is 27.6. The van der Waals surface area contributed by atoms with Crippen molar-refractivity contribution in [2.24, 2.45) is 40.9 Å². The highest BCUT2D eigenvalue weighted by molar-refractivity contribution is 5.97. The number of nitrogens with two attached hydrogens (primary N) is 3. The van der Waals surface area contributed by atoms with Crippen LogP contribution in [0.4, 0.5) is 0 Å². The van der Waals surface area contributed by atoms with E-state index in [0.717, 1.165) is 0 Å². The minimum Gasteiger partial charge on any atom is -0.481 e. The predicted molar refractivity (Wildman–Crippen MR) is 228 cm³/mol. The number of carbonyl (C=O) groups is 8. The molecule has 19 heteroatoms. The molecule has 60 heavy (non-hydrogen) atoms. The van der Waals surface area contributed by atoms with Gasteiger partial charge in [0.25, 0.3) is 0 Å². The SMILES string of the molecule is CC(C)C[C@H](NC(=O)[C@H](CC(C)C)NC(=O)[C@H](CCC(=O)O)NC(=O)[C@H](CCCCN)NC(=O)[C@H](CC(C)C)NC(=O)[C@@H](N)CC(C)C)C(=O)N[C@@H](CCCCN)C(=O)O. The highest BCUT2D eigenvalue weighted by atomic mass is 16.4. The molecule has 0 aromatic heterocycles. The zero-order valence-corrected chi connectivity index (χ0v) is 37.1. The standard InChI is InChI=1S/C41H77N9O10/c1-23(2)19-27(44)35(53)48-31(20-24(3)4)38(56)45-28(13-9-11-17-42)36(54)46-29(15-16-34(51)52)37(55)49-33(22-26(7)8)40(58)50-32(21-25(5)6)39(57)47-30(41(59)60)14-10-12-18-43/h23-33H,9-22,42-44H2,1-8H3,(H,45,56)(H,46,54)(H,47,57)(H,48,53)(H,49,55)(H,50,58)(H,51,52)(H,59,60)/t27-,28-,29-,30-,31-,32-,33-/m0/s1. The van der Waals surface area contributed by atoms with Crippen molar-refractivity contribution in [1.29, 1.82) is 0 Å². The van der Waals surface area contributed by atoms with Gasteiger partial charge >= 0.3 is 11.9 Å². The number of hydrogen-bond donors (Lipinski definition) is 11. The molecular weight excluding hydrogens is 779 g/mol. The van der Waals surface area contributed by atoms with Gasteiger partial charge in [-0.1, -0.05) is 55.4 Å². The van der Waals surface area contributed by atoms with Crippen LogP contribution in [0, 0.1) is 23.7 Å². The maximum absolute atomic E-state index is 13.9. The molecule has 0 aliphatic heterocycles. The summed E-state index contributed by atoms with van der Waals surface area (Å²) in [5.41, 5.74) is 17.3. The van der Waals surface area contributed by atoms with Crippen LogP contribution in [0.3, 0.4) is 0 Å². The van der Waals surface area contributed by atoms with E-state index in [4.69, 9.17) is 17.2 Å². The normalized spacial score (nSPS) is 15.0. The van der Waals surface area contributed by atoms with E-state index in [9.17, 15) is 48.6 Å². The van der Waals surface area contributed by atoms with Crippen molar-refractivity contribution < 1.29 is 48.6 Å². The molecule has 0 heterocycles. The zero-order chi connectivity index (χ0) is 46.1. The molecule has 0 spiro atoms. The number of carbonyl (C=O) groups excluding carboxylic acids is 6. The fourth-order valence-electron chi connectivity index (χ4n) is 6.41. The maximum atomic E-state index is 13.9. The van der Waals surface area contributed by atoms with Crippen molar-refractivity contribution in [1.82, 2.24) is 31.9 Å². The molecule has 19 nitrogen and oxygen atoms in total. The minimum absolute atomic E-state index is 0.0323. The summed E-state index contributed by atoms with van der Waals surface area (Å²) >= 11 is 0. The van der Waals surface area contributed by atoms with Gasteiger partial charge in [-0.25, -0.2) is 4.79 Å². The third kappa shape index (κ3) is 24.0. The third-order valence-corrected chi connectivity index (χ3v) is 9.50. The van der Waals surface area contributed by atoms with Gasteiger partial charge in [0.1, 0.15) is 36.3 Å². The second-order valence-corrected chi connectivity index (χ2v) is 17.3. The number of hydrogen-bond acceptors (Lipinski definition) is 11. The fourth-order valence-corrected chi connectivity index (χ4v) is 6.41. The first kappa shape index (κ1) is 55.6. The fraction of sp³-hybridized carbons (Fsp3) is 0.805. The molecule has 7 atom stereocenters. The van der Waals surface area contributed by atoms with E-state index in [2.05, 4.69) is 31.9 Å². The molecule has 0 radical (unpaired) electrons. The predicted octanol–water partition coefficient (Wildman–Crippen LogP) is 0.614. The smallest absolute Gasteiger partial charge is 0.326 e. The Bertz CT molecular complexity index is 1380.